The smallest absolute Gasteiger partial charge is 0.156 e. The van der Waals surface area contributed by atoms with Crippen molar-refractivity contribution in [3.8, 4) is 0 Å². The Balaban J connectivity index is 2.75. The van der Waals surface area contributed by atoms with E-state index in [1.165, 1.54) is 0 Å². The van der Waals surface area contributed by atoms with E-state index in [0.29, 0.717) is 11.1 Å². The summed E-state index contributed by atoms with van der Waals surface area (Å²) in [6.45, 7) is 4.23. The molecule has 0 spiro atoms. The Morgan fingerprint density at radius 1 is 1.46 bits per heavy atom. The first-order valence-electron chi connectivity index (χ1n) is 4.18. The first-order valence-corrected chi connectivity index (χ1v) is 4.56. The van der Waals surface area contributed by atoms with Crippen molar-refractivity contribution >= 4 is 17.2 Å². The Morgan fingerprint density at radius 3 is 2.92 bits per heavy atom. The molecule has 0 fully saturated rings. The second-order valence-electron chi connectivity index (χ2n) is 3.26. The highest BCUT2D eigenvalue weighted by Crippen LogP contribution is 2.16. The number of fused-ring (bicyclic) bond motifs is 1. The molecule has 2 heterocycles. The number of aromatic nitrogens is 3. The van der Waals surface area contributed by atoms with E-state index in [4.69, 9.17) is 11.6 Å². The molecule has 2 aromatic heterocycles. The SMILES string of the molecule is CC(C)c1ccnc2cc(Cl)nn12. The molecule has 3 nitrogen and oxygen atoms in total. The van der Waals surface area contributed by atoms with Gasteiger partial charge in [-0.15, -0.1) is 0 Å². The maximum absolute atomic E-state index is 5.79. The van der Waals surface area contributed by atoms with Crippen LogP contribution in [0.25, 0.3) is 5.65 Å². The van der Waals surface area contributed by atoms with Crippen LogP contribution in [-0.4, -0.2) is 14.6 Å². The van der Waals surface area contributed by atoms with Crippen LogP contribution in [0.5, 0.6) is 0 Å². The van der Waals surface area contributed by atoms with Crippen LogP contribution >= 0.6 is 11.6 Å². The highest BCUT2D eigenvalue weighted by atomic mass is 35.5. The van der Waals surface area contributed by atoms with Gasteiger partial charge in [-0.1, -0.05) is 25.4 Å². The highest BCUT2D eigenvalue weighted by molar-refractivity contribution is 6.29. The van der Waals surface area contributed by atoms with Crippen molar-refractivity contribution in [3.05, 3.63) is 29.2 Å². The summed E-state index contributed by atoms with van der Waals surface area (Å²) in [6, 6.07) is 3.72. The summed E-state index contributed by atoms with van der Waals surface area (Å²) in [6.07, 6.45) is 1.78. The number of halogens is 1. The van der Waals surface area contributed by atoms with Crippen LogP contribution in [0.4, 0.5) is 0 Å². The summed E-state index contributed by atoms with van der Waals surface area (Å²) < 4.78 is 1.78. The molecule has 13 heavy (non-hydrogen) atoms. The van der Waals surface area contributed by atoms with E-state index < -0.39 is 0 Å². The van der Waals surface area contributed by atoms with Gasteiger partial charge in [0.25, 0.3) is 0 Å². The van der Waals surface area contributed by atoms with Crippen LogP contribution in [0.15, 0.2) is 18.3 Å². The fourth-order valence-corrected chi connectivity index (χ4v) is 1.50. The molecule has 0 atom stereocenters. The number of hydrogen-bond acceptors (Lipinski definition) is 2. The normalized spacial score (nSPS) is 11.4. The summed E-state index contributed by atoms with van der Waals surface area (Å²) in [7, 11) is 0. The van der Waals surface area contributed by atoms with Gasteiger partial charge in [-0.05, 0) is 12.0 Å². The molecule has 2 aromatic rings. The van der Waals surface area contributed by atoms with Gasteiger partial charge in [0.2, 0.25) is 0 Å². The minimum absolute atomic E-state index is 0.418. The molecule has 0 aliphatic rings. The summed E-state index contributed by atoms with van der Waals surface area (Å²) in [5.41, 5.74) is 1.92. The zero-order valence-electron chi connectivity index (χ0n) is 7.53. The molecule has 0 aliphatic carbocycles. The van der Waals surface area contributed by atoms with Crippen molar-refractivity contribution in [2.45, 2.75) is 19.8 Å². The van der Waals surface area contributed by atoms with Crippen molar-refractivity contribution in [1.82, 2.24) is 14.6 Å². The van der Waals surface area contributed by atoms with Gasteiger partial charge < -0.3 is 0 Å². The second kappa shape index (κ2) is 3.00. The Morgan fingerprint density at radius 2 is 2.23 bits per heavy atom. The summed E-state index contributed by atoms with van der Waals surface area (Å²) in [5.74, 6) is 0.418. The van der Waals surface area contributed by atoms with Gasteiger partial charge in [0.1, 0.15) is 0 Å². The van der Waals surface area contributed by atoms with Crippen molar-refractivity contribution in [2.75, 3.05) is 0 Å². The molecule has 0 radical (unpaired) electrons. The van der Waals surface area contributed by atoms with E-state index in [-0.39, 0.29) is 0 Å². The van der Waals surface area contributed by atoms with E-state index in [9.17, 15) is 0 Å². The van der Waals surface area contributed by atoms with Crippen LogP contribution in [0.1, 0.15) is 25.5 Å². The largest absolute Gasteiger partial charge is 0.237 e. The minimum Gasteiger partial charge on any atom is -0.237 e. The lowest BCUT2D eigenvalue weighted by atomic mass is 10.1. The third kappa shape index (κ3) is 1.40. The average Bonchev–Trinajstić information content (AvgIpc) is 2.43. The van der Waals surface area contributed by atoms with Crippen molar-refractivity contribution < 1.29 is 0 Å². The third-order valence-electron chi connectivity index (χ3n) is 1.95. The Hall–Kier alpha value is -1.09. The predicted molar refractivity (Wildman–Crippen MR) is 52.1 cm³/mol. The minimum atomic E-state index is 0.418. The van der Waals surface area contributed by atoms with Crippen LogP contribution in [0.3, 0.4) is 0 Å². The van der Waals surface area contributed by atoms with Crippen LogP contribution in [0, 0.1) is 0 Å². The molecular formula is C9H10ClN3. The van der Waals surface area contributed by atoms with Crippen LogP contribution in [-0.2, 0) is 0 Å². The van der Waals surface area contributed by atoms with E-state index in [1.54, 1.807) is 16.8 Å². The standard InChI is InChI=1S/C9H10ClN3/c1-6(2)7-3-4-11-9-5-8(10)12-13(7)9/h3-6H,1-2H3. The lowest BCUT2D eigenvalue weighted by Crippen LogP contribution is -2.01. The summed E-state index contributed by atoms with van der Waals surface area (Å²) in [4.78, 5) is 4.16. The topological polar surface area (TPSA) is 30.2 Å². The first kappa shape index (κ1) is 8.51. The maximum atomic E-state index is 5.79. The van der Waals surface area contributed by atoms with E-state index in [0.717, 1.165) is 11.3 Å². The quantitative estimate of drug-likeness (QED) is 0.700. The van der Waals surface area contributed by atoms with Gasteiger partial charge in [0.15, 0.2) is 10.8 Å². The third-order valence-corrected chi connectivity index (χ3v) is 2.13. The monoisotopic (exact) mass is 195 g/mol. The molecule has 0 unspecified atom stereocenters. The van der Waals surface area contributed by atoms with Gasteiger partial charge in [0, 0.05) is 18.0 Å². The molecule has 0 saturated carbocycles. The van der Waals surface area contributed by atoms with Gasteiger partial charge in [-0.3, -0.25) is 0 Å². The molecule has 0 N–H and O–H groups in total. The summed E-state index contributed by atoms with van der Waals surface area (Å²) in [5, 5.41) is 4.64. The predicted octanol–water partition coefficient (Wildman–Crippen LogP) is 2.51. The van der Waals surface area contributed by atoms with Gasteiger partial charge >= 0.3 is 0 Å². The highest BCUT2D eigenvalue weighted by Gasteiger charge is 2.07. The molecule has 4 heteroatoms. The van der Waals surface area contributed by atoms with Crippen LogP contribution < -0.4 is 0 Å². The van der Waals surface area contributed by atoms with E-state index >= 15 is 0 Å². The fourth-order valence-electron chi connectivity index (χ4n) is 1.32. The van der Waals surface area contributed by atoms with E-state index in [2.05, 4.69) is 23.9 Å². The molecular weight excluding hydrogens is 186 g/mol. The van der Waals surface area contributed by atoms with Gasteiger partial charge in [0.05, 0.1) is 0 Å². The van der Waals surface area contributed by atoms with Gasteiger partial charge in [-0.2, -0.15) is 5.10 Å². The van der Waals surface area contributed by atoms with Crippen molar-refractivity contribution in [1.29, 1.82) is 0 Å². The Bertz CT molecular complexity index is 433. The first-order chi connectivity index (χ1) is 6.18. The number of nitrogens with zero attached hydrogens (tertiary/aromatic N) is 3. The fraction of sp³-hybridized carbons (Fsp3) is 0.333. The lowest BCUT2D eigenvalue weighted by molar-refractivity contribution is 0.749. The summed E-state index contributed by atoms with van der Waals surface area (Å²) >= 11 is 5.79. The Labute approximate surface area is 81.4 Å². The molecule has 68 valence electrons. The molecule has 0 aromatic carbocycles. The number of hydrogen-bond donors (Lipinski definition) is 0. The molecule has 0 aliphatic heterocycles. The van der Waals surface area contributed by atoms with Crippen LogP contribution in [0.2, 0.25) is 5.15 Å². The second-order valence-corrected chi connectivity index (χ2v) is 3.65. The van der Waals surface area contributed by atoms with E-state index in [1.807, 2.05) is 6.07 Å². The zero-order chi connectivity index (χ0) is 9.42. The average molecular weight is 196 g/mol. The maximum Gasteiger partial charge on any atom is 0.156 e. The molecule has 2 rings (SSSR count). The number of rotatable bonds is 1. The van der Waals surface area contributed by atoms with Crippen molar-refractivity contribution in [2.24, 2.45) is 0 Å². The molecule has 0 saturated heterocycles. The molecule has 0 amide bonds. The van der Waals surface area contributed by atoms with Crippen molar-refractivity contribution in [3.63, 3.8) is 0 Å². The Kier molecular flexibility index (Phi) is 1.96. The lowest BCUT2D eigenvalue weighted by Gasteiger charge is -2.06. The molecule has 0 bridgehead atoms. The zero-order valence-corrected chi connectivity index (χ0v) is 8.28. The van der Waals surface area contributed by atoms with Gasteiger partial charge in [-0.25, -0.2) is 9.50 Å².